The first-order chi connectivity index (χ1) is 9.09. The molecule has 1 atom stereocenters. The molecule has 1 aromatic heterocycles. The van der Waals surface area contributed by atoms with Crippen molar-refractivity contribution in [1.29, 1.82) is 0 Å². The molecule has 19 heavy (non-hydrogen) atoms. The van der Waals surface area contributed by atoms with Crippen molar-refractivity contribution in [3.63, 3.8) is 0 Å². The Balaban J connectivity index is 2.00. The van der Waals surface area contributed by atoms with Crippen molar-refractivity contribution in [2.24, 2.45) is 0 Å². The molecule has 2 rings (SSSR count). The van der Waals surface area contributed by atoms with E-state index in [0.717, 1.165) is 12.2 Å². The Kier molecular flexibility index (Phi) is 4.76. The molecular weight excluding hydrogens is 262 g/mol. The normalized spacial score (nSPS) is 18.7. The molecule has 0 spiro atoms. The lowest BCUT2D eigenvalue weighted by Crippen LogP contribution is -2.23. The number of nitrogens with zero attached hydrogens (tertiary/aromatic N) is 2. The monoisotopic (exact) mass is 281 g/mol. The second-order valence-corrected chi connectivity index (χ2v) is 6.29. The topological polar surface area (TPSA) is 68.1 Å². The van der Waals surface area contributed by atoms with E-state index in [2.05, 4.69) is 10.3 Å². The van der Waals surface area contributed by atoms with Crippen LogP contribution in [0.1, 0.15) is 29.7 Å². The molecular formula is C13H19N3O2S. The summed E-state index contributed by atoms with van der Waals surface area (Å²) < 4.78 is 0. The van der Waals surface area contributed by atoms with E-state index in [4.69, 9.17) is 0 Å². The summed E-state index contributed by atoms with van der Waals surface area (Å²) in [5.74, 6) is 1.25. The van der Waals surface area contributed by atoms with E-state index < -0.39 is 0 Å². The first-order valence-electron chi connectivity index (χ1n) is 6.51. The zero-order valence-electron chi connectivity index (χ0n) is 11.3. The van der Waals surface area contributed by atoms with Gasteiger partial charge in [0.1, 0.15) is 0 Å². The molecule has 6 heteroatoms. The largest absolute Gasteiger partial charge is 0.310 e. The van der Waals surface area contributed by atoms with Gasteiger partial charge in [-0.1, -0.05) is 0 Å². The van der Waals surface area contributed by atoms with Crippen LogP contribution in [0, 0.1) is 24.0 Å². The fraction of sp³-hybridized carbons (Fsp3) is 0.615. The maximum absolute atomic E-state index is 11.0. The molecule has 0 bridgehead atoms. The third-order valence-electron chi connectivity index (χ3n) is 3.45. The zero-order chi connectivity index (χ0) is 13.8. The Hall–Kier alpha value is -1.14. The van der Waals surface area contributed by atoms with Gasteiger partial charge in [0, 0.05) is 35.7 Å². The van der Waals surface area contributed by atoms with Gasteiger partial charge in [0.15, 0.2) is 0 Å². The van der Waals surface area contributed by atoms with Crippen molar-refractivity contribution in [1.82, 2.24) is 10.3 Å². The second kappa shape index (κ2) is 6.34. The minimum Gasteiger partial charge on any atom is -0.310 e. The summed E-state index contributed by atoms with van der Waals surface area (Å²) in [6, 6.07) is 0. The van der Waals surface area contributed by atoms with Gasteiger partial charge < -0.3 is 5.32 Å². The molecule has 1 unspecified atom stereocenters. The quantitative estimate of drug-likeness (QED) is 0.663. The van der Waals surface area contributed by atoms with Crippen LogP contribution >= 0.6 is 11.8 Å². The molecule has 2 heterocycles. The fourth-order valence-corrected chi connectivity index (χ4v) is 3.62. The van der Waals surface area contributed by atoms with E-state index in [1.54, 1.807) is 20.0 Å². The fourth-order valence-electron chi connectivity index (χ4n) is 2.38. The van der Waals surface area contributed by atoms with E-state index in [1.807, 2.05) is 11.8 Å². The van der Waals surface area contributed by atoms with Gasteiger partial charge in [-0.25, -0.2) is 0 Å². The third kappa shape index (κ3) is 3.45. The van der Waals surface area contributed by atoms with Crippen LogP contribution in [0.5, 0.6) is 0 Å². The lowest BCUT2D eigenvalue weighted by molar-refractivity contribution is -0.386. The van der Waals surface area contributed by atoms with E-state index in [0.29, 0.717) is 22.9 Å². The molecule has 0 aliphatic carbocycles. The van der Waals surface area contributed by atoms with Crippen LogP contribution in [0.15, 0.2) is 6.20 Å². The first kappa shape index (κ1) is 14.3. The van der Waals surface area contributed by atoms with Crippen LogP contribution in [0.2, 0.25) is 0 Å². The van der Waals surface area contributed by atoms with E-state index in [9.17, 15) is 10.1 Å². The van der Waals surface area contributed by atoms with E-state index in [1.165, 1.54) is 18.6 Å². The van der Waals surface area contributed by atoms with Crippen LogP contribution in [0.3, 0.4) is 0 Å². The molecule has 0 saturated carbocycles. The standard InChI is InChI=1S/C13H19N3O2S/c1-9-6-15-12(10(2)13(9)16(17)18)8-14-7-11-4-3-5-19-11/h6,11,14H,3-5,7-8H2,1-2H3. The number of aromatic nitrogens is 1. The minimum absolute atomic E-state index is 0.196. The van der Waals surface area contributed by atoms with E-state index >= 15 is 0 Å². The van der Waals surface area contributed by atoms with Crippen LogP contribution in [-0.4, -0.2) is 27.5 Å². The van der Waals surface area contributed by atoms with Crippen molar-refractivity contribution < 1.29 is 4.92 Å². The predicted octanol–water partition coefficient (Wildman–Crippen LogP) is 2.59. The highest BCUT2D eigenvalue weighted by Gasteiger charge is 2.19. The zero-order valence-corrected chi connectivity index (χ0v) is 12.1. The van der Waals surface area contributed by atoms with Crippen molar-refractivity contribution in [3.05, 3.63) is 33.1 Å². The van der Waals surface area contributed by atoms with Gasteiger partial charge in [0.25, 0.3) is 5.69 Å². The van der Waals surface area contributed by atoms with Crippen LogP contribution in [0.4, 0.5) is 5.69 Å². The molecule has 1 aliphatic heterocycles. The van der Waals surface area contributed by atoms with Crippen molar-refractivity contribution in [2.45, 2.75) is 38.5 Å². The highest BCUT2D eigenvalue weighted by atomic mass is 32.2. The highest BCUT2D eigenvalue weighted by molar-refractivity contribution is 8.00. The Morgan fingerprint density at radius 2 is 2.37 bits per heavy atom. The van der Waals surface area contributed by atoms with Crippen molar-refractivity contribution in [2.75, 3.05) is 12.3 Å². The number of rotatable bonds is 5. The molecule has 0 amide bonds. The highest BCUT2D eigenvalue weighted by Crippen LogP contribution is 2.26. The second-order valence-electron chi connectivity index (χ2n) is 4.88. The minimum atomic E-state index is -0.317. The lowest BCUT2D eigenvalue weighted by atomic mass is 10.1. The maximum Gasteiger partial charge on any atom is 0.278 e. The summed E-state index contributed by atoms with van der Waals surface area (Å²) in [5.41, 5.74) is 2.27. The number of nitrogens with one attached hydrogen (secondary N) is 1. The first-order valence-corrected chi connectivity index (χ1v) is 7.56. The number of hydrogen-bond donors (Lipinski definition) is 1. The smallest absolute Gasteiger partial charge is 0.278 e. The molecule has 1 aliphatic rings. The Morgan fingerprint density at radius 1 is 1.58 bits per heavy atom. The molecule has 104 valence electrons. The Morgan fingerprint density at radius 3 is 3.00 bits per heavy atom. The van der Waals surface area contributed by atoms with E-state index in [-0.39, 0.29) is 10.6 Å². The lowest BCUT2D eigenvalue weighted by Gasteiger charge is -2.11. The molecule has 1 saturated heterocycles. The SMILES string of the molecule is Cc1cnc(CNCC2CCCS2)c(C)c1[N+](=O)[O-]. The molecule has 5 nitrogen and oxygen atoms in total. The Bertz CT molecular complexity index is 473. The Labute approximate surface area is 117 Å². The number of aryl methyl sites for hydroxylation is 1. The van der Waals surface area contributed by atoms with Gasteiger partial charge in [0.05, 0.1) is 10.6 Å². The molecule has 0 aromatic carbocycles. The van der Waals surface area contributed by atoms with Gasteiger partial charge in [0.2, 0.25) is 0 Å². The number of thioether (sulfide) groups is 1. The van der Waals surface area contributed by atoms with Crippen molar-refractivity contribution >= 4 is 17.4 Å². The average molecular weight is 281 g/mol. The molecule has 0 radical (unpaired) electrons. The maximum atomic E-state index is 11.0. The van der Waals surface area contributed by atoms with Crippen LogP contribution in [0.25, 0.3) is 0 Å². The number of pyridine rings is 1. The summed E-state index contributed by atoms with van der Waals surface area (Å²) in [4.78, 5) is 15.0. The van der Waals surface area contributed by atoms with Gasteiger partial charge in [-0.2, -0.15) is 11.8 Å². The van der Waals surface area contributed by atoms with Gasteiger partial charge in [-0.05, 0) is 32.4 Å². The average Bonchev–Trinajstić information content (AvgIpc) is 2.85. The predicted molar refractivity (Wildman–Crippen MR) is 77.6 cm³/mol. The van der Waals surface area contributed by atoms with Crippen molar-refractivity contribution in [3.8, 4) is 0 Å². The summed E-state index contributed by atoms with van der Waals surface area (Å²) in [5, 5.41) is 15.1. The van der Waals surface area contributed by atoms with Gasteiger partial charge >= 0.3 is 0 Å². The van der Waals surface area contributed by atoms with Gasteiger partial charge in [-0.15, -0.1) is 0 Å². The molecule has 1 aromatic rings. The number of nitro groups is 1. The molecule has 1 fully saturated rings. The summed E-state index contributed by atoms with van der Waals surface area (Å²) >= 11 is 2.00. The van der Waals surface area contributed by atoms with Gasteiger partial charge in [-0.3, -0.25) is 15.1 Å². The van der Waals surface area contributed by atoms with Crippen LogP contribution < -0.4 is 5.32 Å². The summed E-state index contributed by atoms with van der Waals surface area (Å²) in [7, 11) is 0. The summed E-state index contributed by atoms with van der Waals surface area (Å²) in [6.45, 7) is 5.06. The van der Waals surface area contributed by atoms with Crippen LogP contribution in [-0.2, 0) is 6.54 Å². The summed E-state index contributed by atoms with van der Waals surface area (Å²) in [6.07, 6.45) is 4.15. The third-order valence-corrected chi connectivity index (χ3v) is 4.84. The molecule has 1 N–H and O–H groups in total. The number of hydrogen-bond acceptors (Lipinski definition) is 5.